The first-order valence-corrected chi connectivity index (χ1v) is 29.9. The van der Waals surface area contributed by atoms with Crippen LogP contribution in [0.1, 0.15) is 265 Å². The van der Waals surface area contributed by atoms with Gasteiger partial charge in [-0.15, -0.1) is 0 Å². The molecule has 1 amide bonds. The maximum absolute atomic E-state index is 13.4. The van der Waals surface area contributed by atoms with Crippen LogP contribution in [0.25, 0.3) is 0 Å². The van der Waals surface area contributed by atoms with Gasteiger partial charge in [0.25, 0.3) is 0 Å². The van der Waals surface area contributed by atoms with E-state index in [0.29, 0.717) is 19.3 Å². The quantitative estimate of drug-likeness (QED) is 0.0149. The van der Waals surface area contributed by atoms with Crippen molar-refractivity contribution in [2.24, 2.45) is 0 Å². The number of aliphatic hydroxyl groups is 5. The minimum atomic E-state index is -1.62. The van der Waals surface area contributed by atoms with E-state index in [4.69, 9.17) is 14.2 Å². The van der Waals surface area contributed by atoms with Crippen molar-refractivity contribution in [1.29, 1.82) is 0 Å². The zero-order valence-corrected chi connectivity index (χ0v) is 46.3. The van der Waals surface area contributed by atoms with Crippen LogP contribution in [0, 0.1) is 0 Å². The molecular formula is C61H111NO10. The number of carbonyl (C=O) groups excluding carboxylic acids is 2. The van der Waals surface area contributed by atoms with E-state index < -0.39 is 67.4 Å². The number of rotatable bonds is 50. The average Bonchev–Trinajstić information content (AvgIpc) is 3.38. The van der Waals surface area contributed by atoms with Crippen LogP contribution in [-0.4, -0.2) is 99.6 Å². The molecule has 72 heavy (non-hydrogen) atoms. The summed E-state index contributed by atoms with van der Waals surface area (Å²) in [7, 11) is 0. The number of carbonyl (C=O) groups is 2. The summed E-state index contributed by atoms with van der Waals surface area (Å²) in [5, 5.41) is 56.9. The fourth-order valence-electron chi connectivity index (χ4n) is 9.30. The van der Waals surface area contributed by atoms with Crippen LogP contribution in [0.2, 0.25) is 0 Å². The molecule has 420 valence electrons. The molecule has 0 bridgehead atoms. The predicted octanol–water partition coefficient (Wildman–Crippen LogP) is 13.7. The molecule has 11 nitrogen and oxygen atoms in total. The first-order chi connectivity index (χ1) is 35.2. The highest BCUT2D eigenvalue weighted by Gasteiger charge is 2.47. The number of hydrogen-bond donors (Lipinski definition) is 6. The minimum absolute atomic E-state index is 0.101. The van der Waals surface area contributed by atoms with Gasteiger partial charge < -0.3 is 45.1 Å². The summed E-state index contributed by atoms with van der Waals surface area (Å²) in [5.74, 6) is -1.21. The molecule has 0 saturated carbocycles. The zero-order chi connectivity index (χ0) is 52.5. The standard InChI is InChI=1S/C61H111NO10/c1-4-7-10-13-16-19-22-25-26-27-28-29-31-33-36-39-42-45-48-54(65)60(69)62-52(53(64)47-44-41-38-35-32-24-21-18-15-12-9-6-3)51-70-61-59(58(68)57(67)55(50-63)71-61)72-56(66)49-46-43-40-37-34-30-23-20-17-14-11-8-5-2/h8,11,14,17,20,23,44,47,52-55,57-59,61,63-65,67-68H,4-7,9-10,12-13,15-16,18-19,21-22,24-43,45-46,48-51H2,1-3H3,(H,62,69)/b11-8+,17-14+,23-20-,47-44+. The molecule has 11 heteroatoms. The lowest BCUT2D eigenvalue weighted by molar-refractivity contribution is -0.305. The molecule has 0 aromatic heterocycles. The van der Waals surface area contributed by atoms with Crippen molar-refractivity contribution < 1.29 is 49.3 Å². The molecule has 1 fully saturated rings. The Labute approximate surface area is 440 Å². The first-order valence-electron chi connectivity index (χ1n) is 29.9. The lowest BCUT2D eigenvalue weighted by Gasteiger charge is -2.41. The SMILES string of the molecule is CC/C=C/C=C/C=C\CCCCCCCC(=O)OC1C(OCC(NC(=O)C(O)CCCCCCCCCCCCCCCCCCCC)C(O)/C=C/CCCCCCCCCCCC)OC(CO)C(O)C1O. The topological polar surface area (TPSA) is 175 Å². The van der Waals surface area contributed by atoms with Gasteiger partial charge in [0.05, 0.1) is 25.4 Å². The van der Waals surface area contributed by atoms with Crippen molar-refractivity contribution in [1.82, 2.24) is 5.32 Å². The molecule has 0 aromatic carbocycles. The predicted molar refractivity (Wildman–Crippen MR) is 297 cm³/mol. The molecule has 1 heterocycles. The van der Waals surface area contributed by atoms with Crippen molar-refractivity contribution >= 4 is 11.9 Å². The van der Waals surface area contributed by atoms with E-state index in [1.54, 1.807) is 6.08 Å². The van der Waals surface area contributed by atoms with Gasteiger partial charge in [0.2, 0.25) is 5.91 Å². The molecule has 0 aliphatic carbocycles. The number of hydrogen-bond acceptors (Lipinski definition) is 10. The molecule has 1 rings (SSSR count). The second-order valence-electron chi connectivity index (χ2n) is 20.8. The number of ether oxygens (including phenoxy) is 3. The second-order valence-corrected chi connectivity index (χ2v) is 20.8. The molecule has 8 unspecified atom stereocenters. The van der Waals surface area contributed by atoms with Crippen LogP contribution in [0.15, 0.2) is 48.6 Å². The summed E-state index contributed by atoms with van der Waals surface area (Å²) < 4.78 is 17.6. The monoisotopic (exact) mass is 1020 g/mol. The van der Waals surface area contributed by atoms with Gasteiger partial charge in [-0.05, 0) is 44.9 Å². The summed E-state index contributed by atoms with van der Waals surface area (Å²) in [4.78, 5) is 26.5. The van der Waals surface area contributed by atoms with Crippen LogP contribution in [0.4, 0.5) is 0 Å². The van der Waals surface area contributed by atoms with Crippen molar-refractivity contribution in [3.05, 3.63) is 48.6 Å². The van der Waals surface area contributed by atoms with Gasteiger partial charge >= 0.3 is 5.97 Å². The molecule has 0 spiro atoms. The second kappa shape index (κ2) is 49.5. The van der Waals surface area contributed by atoms with Gasteiger partial charge in [-0.1, -0.05) is 262 Å². The third-order valence-electron chi connectivity index (χ3n) is 14.1. The Morgan fingerprint density at radius 2 is 1.00 bits per heavy atom. The summed E-state index contributed by atoms with van der Waals surface area (Å²) in [6.45, 7) is 5.65. The minimum Gasteiger partial charge on any atom is -0.454 e. The average molecular weight is 1020 g/mol. The largest absolute Gasteiger partial charge is 0.454 e. The summed E-state index contributed by atoms with van der Waals surface area (Å²) in [5.41, 5.74) is 0. The van der Waals surface area contributed by atoms with E-state index in [1.807, 2.05) is 24.3 Å². The van der Waals surface area contributed by atoms with Gasteiger partial charge in [0.15, 0.2) is 12.4 Å². The van der Waals surface area contributed by atoms with E-state index >= 15 is 0 Å². The van der Waals surface area contributed by atoms with Gasteiger partial charge in [0.1, 0.15) is 24.4 Å². The molecule has 0 radical (unpaired) electrons. The molecule has 6 N–H and O–H groups in total. The number of allylic oxidation sites excluding steroid dienone is 7. The third-order valence-corrected chi connectivity index (χ3v) is 14.1. The highest BCUT2D eigenvalue weighted by molar-refractivity contribution is 5.80. The Morgan fingerprint density at radius 1 is 0.556 bits per heavy atom. The van der Waals surface area contributed by atoms with Crippen LogP contribution in [0.3, 0.4) is 0 Å². The fraction of sp³-hybridized carbons (Fsp3) is 0.836. The summed E-state index contributed by atoms with van der Waals surface area (Å²) in [6.07, 6.45) is 48.7. The molecule has 1 saturated heterocycles. The smallest absolute Gasteiger partial charge is 0.306 e. The van der Waals surface area contributed by atoms with Crippen LogP contribution >= 0.6 is 0 Å². The van der Waals surface area contributed by atoms with E-state index in [9.17, 15) is 35.1 Å². The van der Waals surface area contributed by atoms with E-state index in [0.717, 1.165) is 77.0 Å². The maximum Gasteiger partial charge on any atom is 0.306 e. The van der Waals surface area contributed by atoms with Crippen molar-refractivity contribution in [3.8, 4) is 0 Å². The van der Waals surface area contributed by atoms with Gasteiger partial charge in [-0.25, -0.2) is 0 Å². The molecular weight excluding hydrogens is 907 g/mol. The fourth-order valence-corrected chi connectivity index (χ4v) is 9.30. The highest BCUT2D eigenvalue weighted by Crippen LogP contribution is 2.26. The lowest BCUT2D eigenvalue weighted by atomic mass is 9.99. The maximum atomic E-state index is 13.4. The zero-order valence-electron chi connectivity index (χ0n) is 46.3. The van der Waals surface area contributed by atoms with E-state index in [-0.39, 0.29) is 13.0 Å². The number of nitrogens with one attached hydrogen (secondary N) is 1. The van der Waals surface area contributed by atoms with Gasteiger partial charge in [-0.3, -0.25) is 9.59 Å². The molecule has 1 aliphatic heterocycles. The number of amides is 1. The normalized spacial score (nSPS) is 19.8. The van der Waals surface area contributed by atoms with Crippen LogP contribution in [-0.2, 0) is 23.8 Å². The van der Waals surface area contributed by atoms with Gasteiger partial charge in [0, 0.05) is 6.42 Å². The van der Waals surface area contributed by atoms with Crippen LogP contribution in [0.5, 0.6) is 0 Å². The summed E-state index contributed by atoms with van der Waals surface area (Å²) in [6, 6.07) is -1.03. The Hall–Kier alpha value is -2.38. The van der Waals surface area contributed by atoms with Gasteiger partial charge in [-0.2, -0.15) is 0 Å². The van der Waals surface area contributed by atoms with Crippen molar-refractivity contribution in [2.75, 3.05) is 13.2 Å². The lowest BCUT2D eigenvalue weighted by Crippen LogP contribution is -2.61. The Bertz CT molecular complexity index is 1350. The Morgan fingerprint density at radius 3 is 1.49 bits per heavy atom. The summed E-state index contributed by atoms with van der Waals surface area (Å²) >= 11 is 0. The Kier molecular flexibility index (Phi) is 46.5. The number of esters is 1. The number of aliphatic hydroxyl groups excluding tert-OH is 5. The van der Waals surface area contributed by atoms with E-state index in [2.05, 4.69) is 44.3 Å². The van der Waals surface area contributed by atoms with Crippen molar-refractivity contribution in [3.63, 3.8) is 0 Å². The molecule has 1 aliphatic rings. The molecule has 8 atom stereocenters. The first kappa shape index (κ1) is 67.6. The van der Waals surface area contributed by atoms with Crippen LogP contribution < -0.4 is 5.32 Å². The van der Waals surface area contributed by atoms with Crippen molar-refractivity contribution in [2.45, 2.75) is 314 Å². The van der Waals surface area contributed by atoms with E-state index in [1.165, 1.54) is 141 Å². The number of unbranched alkanes of at least 4 members (excludes halogenated alkanes) is 32. The third kappa shape index (κ3) is 37.4. The Balaban J connectivity index is 2.70. The molecule has 0 aromatic rings. The highest BCUT2D eigenvalue weighted by atomic mass is 16.7.